The van der Waals surface area contributed by atoms with Crippen LogP contribution in [0.3, 0.4) is 0 Å². The summed E-state index contributed by atoms with van der Waals surface area (Å²) < 4.78 is 10.7. The normalized spacial score (nSPS) is 15.8. The molecule has 1 fully saturated rings. The molecule has 0 spiro atoms. The van der Waals surface area contributed by atoms with E-state index in [0.29, 0.717) is 35.4 Å². The van der Waals surface area contributed by atoms with Gasteiger partial charge in [-0.15, -0.1) is 0 Å². The van der Waals surface area contributed by atoms with Crippen molar-refractivity contribution in [1.82, 2.24) is 35.0 Å². The third-order valence-corrected chi connectivity index (χ3v) is 5.46. The predicted octanol–water partition coefficient (Wildman–Crippen LogP) is 3.01. The molecule has 1 aliphatic rings. The Labute approximate surface area is 183 Å². The van der Waals surface area contributed by atoms with E-state index in [0.717, 1.165) is 24.0 Å². The predicted molar refractivity (Wildman–Crippen MR) is 113 cm³/mol. The van der Waals surface area contributed by atoms with E-state index in [9.17, 15) is 4.79 Å². The van der Waals surface area contributed by atoms with Gasteiger partial charge in [0.1, 0.15) is 6.04 Å². The molecule has 162 valence electrons. The third-order valence-electron chi connectivity index (χ3n) is 5.46. The SMILES string of the molecule is COc1cc(-c2noc([C@@H]3CCCN3C(=O)c3cc(C)ccc3-n3nccn3)n2)ccn1. The first-order valence-corrected chi connectivity index (χ1v) is 10.3. The van der Waals surface area contributed by atoms with Crippen LogP contribution in [0.2, 0.25) is 0 Å². The van der Waals surface area contributed by atoms with Crippen LogP contribution in [0.25, 0.3) is 17.1 Å². The van der Waals surface area contributed by atoms with E-state index in [-0.39, 0.29) is 11.9 Å². The number of rotatable bonds is 5. The lowest BCUT2D eigenvalue weighted by Crippen LogP contribution is -2.31. The van der Waals surface area contributed by atoms with Gasteiger partial charge in [0.15, 0.2) is 0 Å². The number of carbonyl (C=O) groups is 1. The summed E-state index contributed by atoms with van der Waals surface area (Å²) >= 11 is 0. The maximum absolute atomic E-state index is 13.6. The number of pyridine rings is 1. The van der Waals surface area contributed by atoms with Crippen molar-refractivity contribution < 1.29 is 14.1 Å². The van der Waals surface area contributed by atoms with E-state index in [2.05, 4.69) is 25.3 Å². The lowest BCUT2D eigenvalue weighted by molar-refractivity contribution is 0.0709. The highest BCUT2D eigenvalue weighted by Gasteiger charge is 2.35. The summed E-state index contributed by atoms with van der Waals surface area (Å²) in [6.45, 7) is 2.55. The van der Waals surface area contributed by atoms with Crippen molar-refractivity contribution >= 4 is 5.91 Å². The van der Waals surface area contributed by atoms with Gasteiger partial charge in [-0.1, -0.05) is 16.8 Å². The summed E-state index contributed by atoms with van der Waals surface area (Å²) in [5.41, 5.74) is 2.87. The van der Waals surface area contributed by atoms with Crippen LogP contribution in [0.15, 0.2) is 53.4 Å². The van der Waals surface area contributed by atoms with E-state index in [4.69, 9.17) is 9.26 Å². The van der Waals surface area contributed by atoms with Gasteiger partial charge in [0, 0.05) is 24.4 Å². The monoisotopic (exact) mass is 431 g/mol. The summed E-state index contributed by atoms with van der Waals surface area (Å²) in [7, 11) is 1.55. The minimum absolute atomic E-state index is 0.117. The van der Waals surface area contributed by atoms with Gasteiger partial charge in [-0.2, -0.15) is 20.0 Å². The molecule has 0 bridgehead atoms. The smallest absolute Gasteiger partial charge is 0.256 e. The summed E-state index contributed by atoms with van der Waals surface area (Å²) in [6.07, 6.45) is 6.38. The molecule has 4 heterocycles. The highest BCUT2D eigenvalue weighted by atomic mass is 16.5. The molecule has 0 aliphatic carbocycles. The van der Waals surface area contributed by atoms with Crippen molar-refractivity contribution in [2.24, 2.45) is 0 Å². The lowest BCUT2D eigenvalue weighted by Gasteiger charge is -2.23. The number of likely N-dealkylation sites (tertiary alicyclic amines) is 1. The molecule has 10 heteroatoms. The molecule has 1 aromatic carbocycles. The van der Waals surface area contributed by atoms with Crippen LogP contribution < -0.4 is 4.74 Å². The van der Waals surface area contributed by atoms with E-state index in [1.165, 1.54) is 4.80 Å². The molecule has 1 amide bonds. The number of hydrogen-bond acceptors (Lipinski definition) is 8. The number of hydrogen-bond donors (Lipinski definition) is 0. The van der Waals surface area contributed by atoms with Crippen LogP contribution in [0.5, 0.6) is 5.88 Å². The molecular weight excluding hydrogens is 410 g/mol. The standard InChI is InChI=1S/C22H21N7O3/c1-14-5-6-17(29-24-9-10-25-29)16(12-14)22(30)28-11-3-4-18(28)21-26-20(27-32-21)15-7-8-23-19(13-15)31-2/h5-10,12-13,18H,3-4,11H2,1-2H3/t18-/m0/s1. The van der Waals surface area contributed by atoms with Crippen molar-refractivity contribution in [2.75, 3.05) is 13.7 Å². The van der Waals surface area contributed by atoms with E-state index >= 15 is 0 Å². The van der Waals surface area contributed by atoms with Crippen LogP contribution in [-0.4, -0.2) is 54.6 Å². The molecular formula is C22H21N7O3. The zero-order chi connectivity index (χ0) is 22.1. The zero-order valence-corrected chi connectivity index (χ0v) is 17.7. The van der Waals surface area contributed by atoms with Crippen LogP contribution >= 0.6 is 0 Å². The van der Waals surface area contributed by atoms with E-state index in [1.54, 1.807) is 42.7 Å². The Morgan fingerprint density at radius 3 is 2.81 bits per heavy atom. The van der Waals surface area contributed by atoms with E-state index in [1.807, 2.05) is 25.1 Å². The molecule has 0 saturated carbocycles. The minimum Gasteiger partial charge on any atom is -0.481 e. The van der Waals surface area contributed by atoms with Crippen LogP contribution in [0, 0.1) is 6.92 Å². The van der Waals surface area contributed by atoms with Crippen LogP contribution in [0.1, 0.15) is 40.7 Å². The van der Waals surface area contributed by atoms with Crippen molar-refractivity contribution in [3.63, 3.8) is 0 Å². The topological polar surface area (TPSA) is 112 Å². The van der Waals surface area contributed by atoms with Crippen LogP contribution in [0.4, 0.5) is 0 Å². The van der Waals surface area contributed by atoms with Gasteiger partial charge in [0.25, 0.3) is 5.91 Å². The number of carbonyl (C=O) groups excluding carboxylic acids is 1. The second-order valence-corrected chi connectivity index (χ2v) is 7.54. The van der Waals surface area contributed by atoms with E-state index < -0.39 is 0 Å². The molecule has 1 saturated heterocycles. The maximum Gasteiger partial charge on any atom is 0.256 e. The van der Waals surface area contributed by atoms with Gasteiger partial charge in [-0.3, -0.25) is 4.79 Å². The molecule has 1 aliphatic heterocycles. The van der Waals surface area contributed by atoms with Crippen molar-refractivity contribution in [3.05, 3.63) is 65.9 Å². The quantitative estimate of drug-likeness (QED) is 0.474. The Kier molecular flexibility index (Phi) is 5.10. The van der Waals surface area contributed by atoms with Gasteiger partial charge < -0.3 is 14.2 Å². The Balaban J connectivity index is 1.46. The van der Waals surface area contributed by atoms with Crippen molar-refractivity contribution in [3.8, 4) is 23.0 Å². The Morgan fingerprint density at radius 1 is 1.16 bits per heavy atom. The Morgan fingerprint density at radius 2 is 2.00 bits per heavy atom. The van der Waals surface area contributed by atoms with Gasteiger partial charge in [0.2, 0.25) is 17.6 Å². The summed E-state index contributed by atoms with van der Waals surface area (Å²) in [5.74, 6) is 1.18. The maximum atomic E-state index is 13.6. The van der Waals surface area contributed by atoms with Crippen molar-refractivity contribution in [1.29, 1.82) is 0 Å². The number of amides is 1. The summed E-state index contributed by atoms with van der Waals surface area (Å²) in [4.78, 5) is 25.5. The number of ether oxygens (including phenoxy) is 1. The largest absolute Gasteiger partial charge is 0.481 e. The molecule has 0 unspecified atom stereocenters. The molecule has 0 radical (unpaired) electrons. The first-order chi connectivity index (χ1) is 15.6. The number of aromatic nitrogens is 6. The number of aryl methyl sites for hydroxylation is 1. The van der Waals surface area contributed by atoms with Gasteiger partial charge in [-0.05, 0) is 38.0 Å². The fourth-order valence-corrected chi connectivity index (χ4v) is 3.90. The average molecular weight is 431 g/mol. The number of nitrogens with zero attached hydrogens (tertiary/aromatic N) is 7. The number of methoxy groups -OCH3 is 1. The fourth-order valence-electron chi connectivity index (χ4n) is 3.90. The molecule has 10 nitrogen and oxygen atoms in total. The molecule has 0 N–H and O–H groups in total. The highest BCUT2D eigenvalue weighted by molar-refractivity contribution is 5.98. The molecule has 3 aromatic heterocycles. The molecule has 1 atom stereocenters. The highest BCUT2D eigenvalue weighted by Crippen LogP contribution is 2.34. The molecule has 32 heavy (non-hydrogen) atoms. The fraction of sp³-hybridized carbons (Fsp3) is 0.273. The first kappa shape index (κ1) is 19.9. The second kappa shape index (κ2) is 8.22. The molecule has 5 rings (SSSR count). The zero-order valence-electron chi connectivity index (χ0n) is 17.7. The summed E-state index contributed by atoms with van der Waals surface area (Å²) in [6, 6.07) is 8.87. The number of benzene rings is 1. The minimum atomic E-state index is -0.300. The van der Waals surface area contributed by atoms with Crippen molar-refractivity contribution in [2.45, 2.75) is 25.8 Å². The van der Waals surface area contributed by atoms with Gasteiger partial charge in [0.05, 0.1) is 30.8 Å². The third kappa shape index (κ3) is 3.59. The lowest BCUT2D eigenvalue weighted by atomic mass is 10.1. The van der Waals surface area contributed by atoms with Crippen LogP contribution in [-0.2, 0) is 0 Å². The second-order valence-electron chi connectivity index (χ2n) is 7.54. The van der Waals surface area contributed by atoms with Gasteiger partial charge >= 0.3 is 0 Å². The Hall–Kier alpha value is -4.08. The van der Waals surface area contributed by atoms with Gasteiger partial charge in [-0.25, -0.2) is 4.98 Å². The molecule has 4 aromatic rings. The average Bonchev–Trinajstić information content (AvgIpc) is 3.59. The summed E-state index contributed by atoms with van der Waals surface area (Å²) in [5, 5.41) is 12.5. The Bertz CT molecular complexity index is 1250. The first-order valence-electron chi connectivity index (χ1n) is 10.3.